The summed E-state index contributed by atoms with van der Waals surface area (Å²) < 4.78 is 10.6. The van der Waals surface area contributed by atoms with Gasteiger partial charge in [0.25, 0.3) is 0 Å². The van der Waals surface area contributed by atoms with Crippen molar-refractivity contribution in [3.05, 3.63) is 41.7 Å². The molecule has 0 spiro atoms. The minimum atomic E-state index is 0.288. The fourth-order valence-corrected chi connectivity index (χ4v) is 4.55. The maximum Gasteiger partial charge on any atom is 0.205 e. The van der Waals surface area contributed by atoms with E-state index in [4.69, 9.17) is 9.72 Å². The number of rotatable bonds is 4. The smallest absolute Gasteiger partial charge is 0.205 e. The zero-order valence-corrected chi connectivity index (χ0v) is 14.5. The predicted molar refractivity (Wildman–Crippen MR) is 94.5 cm³/mol. The fourth-order valence-electron chi connectivity index (χ4n) is 3.79. The molecule has 3 aliphatic rings. The summed E-state index contributed by atoms with van der Waals surface area (Å²) in [4.78, 5) is 9.73. The summed E-state index contributed by atoms with van der Waals surface area (Å²) in [6, 6.07) is 11.2. The van der Waals surface area contributed by atoms with Gasteiger partial charge in [-0.05, 0) is 18.4 Å². The largest absolute Gasteiger partial charge is 0.373 e. The summed E-state index contributed by atoms with van der Waals surface area (Å²) in [5.41, 5.74) is 1.38. The van der Waals surface area contributed by atoms with Crippen LogP contribution in [0.15, 0.2) is 30.3 Å². The lowest BCUT2D eigenvalue weighted by Gasteiger charge is -2.36. The first kappa shape index (κ1) is 14.8. The van der Waals surface area contributed by atoms with Crippen LogP contribution < -0.4 is 4.90 Å². The average molecular weight is 342 g/mol. The Morgan fingerprint density at radius 1 is 1.17 bits per heavy atom. The van der Waals surface area contributed by atoms with Gasteiger partial charge in [-0.2, -0.15) is 4.37 Å². The third-order valence-corrected chi connectivity index (χ3v) is 6.08. The molecule has 0 N–H and O–H groups in total. The predicted octanol–water partition coefficient (Wildman–Crippen LogP) is 2.51. The lowest BCUT2D eigenvalue weighted by Crippen LogP contribution is -2.50. The van der Waals surface area contributed by atoms with Gasteiger partial charge in [-0.15, -0.1) is 0 Å². The molecule has 0 radical (unpaired) electrons. The fraction of sp³-hybridized carbons (Fsp3) is 0.556. The normalized spacial score (nSPS) is 27.4. The minimum absolute atomic E-state index is 0.288. The zero-order chi connectivity index (χ0) is 15.9. The van der Waals surface area contributed by atoms with Crippen molar-refractivity contribution in [3.8, 4) is 0 Å². The van der Waals surface area contributed by atoms with Crippen LogP contribution in [0.1, 0.15) is 30.1 Å². The Labute approximate surface area is 146 Å². The van der Waals surface area contributed by atoms with Crippen LogP contribution >= 0.6 is 11.5 Å². The summed E-state index contributed by atoms with van der Waals surface area (Å²) in [6.07, 6.45) is 2.81. The van der Waals surface area contributed by atoms with Crippen LogP contribution in [0, 0.1) is 0 Å². The van der Waals surface area contributed by atoms with Crippen LogP contribution in [-0.2, 0) is 11.3 Å². The second-order valence-corrected chi connectivity index (χ2v) is 7.78. The van der Waals surface area contributed by atoms with E-state index in [-0.39, 0.29) is 6.10 Å². The van der Waals surface area contributed by atoms with Gasteiger partial charge < -0.3 is 9.64 Å². The van der Waals surface area contributed by atoms with Gasteiger partial charge in [0.2, 0.25) is 5.13 Å². The molecule has 24 heavy (non-hydrogen) atoms. The standard InChI is InChI=1S/C18H22N4OS/c1-2-4-13(5-3-1)10-21-8-9-23-16-12-22(11-15(16)21)18-19-17(20-24-18)14-6-7-14/h1-5,14-16H,6-12H2/t15-,16-/m0/s1. The number of hydrogen-bond acceptors (Lipinski definition) is 6. The monoisotopic (exact) mass is 342 g/mol. The summed E-state index contributed by atoms with van der Waals surface area (Å²) in [7, 11) is 0. The van der Waals surface area contributed by atoms with Gasteiger partial charge in [0.1, 0.15) is 5.82 Å². The van der Waals surface area contributed by atoms with E-state index in [2.05, 4.69) is 44.5 Å². The molecule has 0 bridgehead atoms. The van der Waals surface area contributed by atoms with E-state index in [1.165, 1.54) is 18.4 Å². The van der Waals surface area contributed by atoms with Crippen LogP contribution in [-0.4, -0.2) is 52.6 Å². The van der Waals surface area contributed by atoms with Gasteiger partial charge in [-0.25, -0.2) is 4.98 Å². The van der Waals surface area contributed by atoms with Gasteiger partial charge in [0, 0.05) is 43.6 Å². The average Bonchev–Trinajstić information content (AvgIpc) is 3.18. The summed E-state index contributed by atoms with van der Waals surface area (Å²) >= 11 is 1.56. The molecule has 2 aliphatic heterocycles. The van der Waals surface area contributed by atoms with Gasteiger partial charge in [-0.3, -0.25) is 4.90 Å². The highest BCUT2D eigenvalue weighted by Gasteiger charge is 2.41. The second kappa shape index (κ2) is 6.10. The molecular weight excluding hydrogens is 320 g/mol. The number of hydrogen-bond donors (Lipinski definition) is 0. The Morgan fingerprint density at radius 3 is 2.88 bits per heavy atom. The van der Waals surface area contributed by atoms with E-state index < -0.39 is 0 Å². The molecule has 1 aliphatic carbocycles. The molecule has 0 amide bonds. The van der Waals surface area contributed by atoms with E-state index in [1.807, 2.05) is 0 Å². The first-order chi connectivity index (χ1) is 11.9. The molecule has 1 saturated carbocycles. The molecule has 3 heterocycles. The van der Waals surface area contributed by atoms with Crippen LogP contribution in [0.4, 0.5) is 5.13 Å². The van der Waals surface area contributed by atoms with Gasteiger partial charge in [0.15, 0.2) is 0 Å². The number of anilines is 1. The lowest BCUT2D eigenvalue weighted by molar-refractivity contribution is -0.0499. The quantitative estimate of drug-likeness (QED) is 0.854. The Bertz CT molecular complexity index is 702. The highest BCUT2D eigenvalue weighted by atomic mass is 32.1. The topological polar surface area (TPSA) is 41.5 Å². The number of fused-ring (bicyclic) bond motifs is 1. The SMILES string of the molecule is c1ccc(CN2CCO[C@H]3CN(c4nc(C5CC5)ns4)C[C@@H]32)cc1. The maximum atomic E-state index is 6.06. The Hall–Kier alpha value is -1.50. The van der Waals surface area contributed by atoms with Crippen molar-refractivity contribution < 1.29 is 4.74 Å². The summed E-state index contributed by atoms with van der Waals surface area (Å²) in [5, 5.41) is 1.08. The number of ether oxygens (including phenoxy) is 1. The van der Waals surface area contributed by atoms with Crippen molar-refractivity contribution >= 4 is 16.7 Å². The molecule has 2 aromatic rings. The van der Waals surface area contributed by atoms with Crippen LogP contribution in [0.2, 0.25) is 0 Å². The number of nitrogens with zero attached hydrogens (tertiary/aromatic N) is 4. The van der Waals surface area contributed by atoms with E-state index in [0.717, 1.165) is 43.7 Å². The van der Waals surface area contributed by atoms with Gasteiger partial charge in [0.05, 0.1) is 18.8 Å². The Balaban J connectivity index is 1.30. The van der Waals surface area contributed by atoms with Crippen molar-refractivity contribution in [2.45, 2.75) is 37.5 Å². The van der Waals surface area contributed by atoms with E-state index >= 15 is 0 Å². The molecule has 5 nitrogen and oxygen atoms in total. The van der Waals surface area contributed by atoms with Gasteiger partial charge >= 0.3 is 0 Å². The molecule has 2 atom stereocenters. The molecule has 1 aromatic carbocycles. The van der Waals surface area contributed by atoms with E-state index in [1.54, 1.807) is 11.5 Å². The number of morpholine rings is 1. The van der Waals surface area contributed by atoms with Crippen molar-refractivity contribution in [2.24, 2.45) is 0 Å². The number of aromatic nitrogens is 2. The third kappa shape index (κ3) is 2.83. The van der Waals surface area contributed by atoms with Crippen LogP contribution in [0.5, 0.6) is 0 Å². The van der Waals surface area contributed by atoms with Crippen molar-refractivity contribution in [1.29, 1.82) is 0 Å². The van der Waals surface area contributed by atoms with Gasteiger partial charge in [-0.1, -0.05) is 30.3 Å². The Morgan fingerprint density at radius 2 is 2.04 bits per heavy atom. The van der Waals surface area contributed by atoms with Crippen molar-refractivity contribution in [2.75, 3.05) is 31.1 Å². The van der Waals surface area contributed by atoms with E-state index in [9.17, 15) is 0 Å². The maximum absolute atomic E-state index is 6.06. The highest BCUT2D eigenvalue weighted by Crippen LogP contribution is 2.40. The molecule has 3 fully saturated rings. The van der Waals surface area contributed by atoms with Crippen LogP contribution in [0.25, 0.3) is 0 Å². The lowest BCUT2D eigenvalue weighted by atomic mass is 10.1. The van der Waals surface area contributed by atoms with Crippen LogP contribution in [0.3, 0.4) is 0 Å². The molecule has 126 valence electrons. The zero-order valence-electron chi connectivity index (χ0n) is 13.7. The highest BCUT2D eigenvalue weighted by molar-refractivity contribution is 7.09. The van der Waals surface area contributed by atoms with Crippen molar-refractivity contribution in [3.63, 3.8) is 0 Å². The first-order valence-electron chi connectivity index (χ1n) is 8.85. The molecule has 6 heteroatoms. The molecule has 2 saturated heterocycles. The Kier molecular flexibility index (Phi) is 3.76. The summed E-state index contributed by atoms with van der Waals surface area (Å²) in [6.45, 7) is 4.77. The third-order valence-electron chi connectivity index (χ3n) is 5.29. The molecule has 5 rings (SSSR count). The number of benzene rings is 1. The first-order valence-corrected chi connectivity index (χ1v) is 9.62. The molecule has 0 unspecified atom stereocenters. The van der Waals surface area contributed by atoms with Crippen molar-refractivity contribution in [1.82, 2.24) is 14.3 Å². The second-order valence-electron chi connectivity index (χ2n) is 7.05. The molecular formula is C18H22N4OS. The minimum Gasteiger partial charge on any atom is -0.373 e. The van der Waals surface area contributed by atoms with E-state index in [0.29, 0.717) is 12.0 Å². The molecule has 1 aromatic heterocycles. The summed E-state index contributed by atoms with van der Waals surface area (Å²) in [5.74, 6) is 1.69.